The number of hydrogen-bond donors (Lipinski definition) is 1. The number of fused-ring (bicyclic) bond motifs is 1. The van der Waals surface area contributed by atoms with Crippen molar-refractivity contribution in [2.75, 3.05) is 16.8 Å². The van der Waals surface area contributed by atoms with Crippen LogP contribution in [-0.2, 0) is 9.53 Å². The molecule has 0 amide bonds. The second-order valence-corrected chi connectivity index (χ2v) is 6.98. The third kappa shape index (κ3) is 4.17. The van der Waals surface area contributed by atoms with Crippen molar-refractivity contribution in [1.82, 2.24) is 0 Å². The summed E-state index contributed by atoms with van der Waals surface area (Å²) in [6.45, 7) is 2.51. The first-order valence-corrected chi connectivity index (χ1v) is 9.49. The predicted molar refractivity (Wildman–Crippen MR) is 110 cm³/mol. The molecule has 2 aromatic rings. The van der Waals surface area contributed by atoms with Gasteiger partial charge in [-0.05, 0) is 49.0 Å². The normalized spacial score (nSPS) is 16.0. The van der Waals surface area contributed by atoms with Gasteiger partial charge in [-0.3, -0.25) is 4.79 Å². The minimum atomic E-state index is -0.269. The zero-order chi connectivity index (χ0) is 18.5. The summed E-state index contributed by atoms with van der Waals surface area (Å²) >= 11 is 11.8. The highest BCUT2D eigenvalue weighted by atomic mass is 35.5. The molecule has 1 unspecified atom stereocenters. The Bertz CT molecular complexity index is 798. The Balaban J connectivity index is 1.94. The number of anilines is 2. The molecule has 0 spiro atoms. The highest BCUT2D eigenvalue weighted by molar-refractivity contribution is 7.80. The molecule has 0 saturated carbocycles. The summed E-state index contributed by atoms with van der Waals surface area (Å²) in [7, 11) is 0. The van der Waals surface area contributed by atoms with Crippen LogP contribution in [0.2, 0.25) is 5.02 Å². The average Bonchev–Trinajstić information content (AvgIpc) is 2.63. The number of halogens is 1. The Hall–Kier alpha value is -2.11. The molecule has 0 radical (unpaired) electrons. The maximum Gasteiger partial charge on any atom is 0.308 e. The number of nitrogens with zero attached hydrogens (tertiary/aromatic N) is 1. The largest absolute Gasteiger partial charge is 0.466 e. The molecule has 26 heavy (non-hydrogen) atoms. The van der Waals surface area contributed by atoms with E-state index < -0.39 is 0 Å². The van der Waals surface area contributed by atoms with E-state index in [9.17, 15) is 4.79 Å². The zero-order valence-corrected chi connectivity index (χ0v) is 16.1. The molecule has 0 bridgehead atoms. The summed E-state index contributed by atoms with van der Waals surface area (Å²) < 4.78 is 5.39. The number of benzene rings is 2. The molecule has 1 aliphatic heterocycles. The van der Waals surface area contributed by atoms with Crippen molar-refractivity contribution in [3.8, 4) is 0 Å². The van der Waals surface area contributed by atoms with Crippen molar-refractivity contribution < 1.29 is 9.53 Å². The van der Waals surface area contributed by atoms with Gasteiger partial charge in [-0.1, -0.05) is 43.1 Å². The quantitative estimate of drug-likeness (QED) is 0.411. The summed E-state index contributed by atoms with van der Waals surface area (Å²) in [5.41, 5.74) is 2.72. The molecule has 1 N–H and O–H groups in total. The van der Waals surface area contributed by atoms with E-state index in [0.717, 1.165) is 29.8 Å². The molecule has 136 valence electrons. The Labute approximate surface area is 164 Å². The van der Waals surface area contributed by atoms with E-state index in [1.807, 2.05) is 53.4 Å². The van der Waals surface area contributed by atoms with Crippen LogP contribution in [0.25, 0.3) is 0 Å². The van der Waals surface area contributed by atoms with E-state index >= 15 is 0 Å². The molecule has 0 saturated heterocycles. The monoisotopic (exact) mass is 388 g/mol. The Morgan fingerprint density at radius 1 is 1.27 bits per heavy atom. The molecule has 0 fully saturated rings. The minimum Gasteiger partial charge on any atom is -0.466 e. The fourth-order valence-electron chi connectivity index (χ4n) is 3.01. The van der Waals surface area contributed by atoms with Gasteiger partial charge in [0.25, 0.3) is 0 Å². The number of esters is 1. The number of thiocarbonyl (C=S) groups is 1. The van der Waals surface area contributed by atoms with E-state index in [-0.39, 0.29) is 18.4 Å². The fourth-order valence-corrected chi connectivity index (χ4v) is 3.54. The van der Waals surface area contributed by atoms with E-state index in [1.54, 1.807) is 0 Å². The van der Waals surface area contributed by atoms with Gasteiger partial charge in [-0.15, -0.1) is 0 Å². The summed E-state index contributed by atoms with van der Waals surface area (Å²) in [6, 6.07) is 15.1. The van der Waals surface area contributed by atoms with Gasteiger partial charge in [0.1, 0.15) is 0 Å². The standard InChI is InChI=1S/C20H21ClN2O2S/c1-2-3-11-25-19(24)13-18-16-12-14(21)9-10-17(16)22-20(26)23(18)15-7-5-4-6-8-15/h4-10,12,18H,2-3,11,13H2,1H3,(H,22,26). The lowest BCUT2D eigenvalue weighted by Gasteiger charge is -2.39. The van der Waals surface area contributed by atoms with Crippen LogP contribution in [0, 0.1) is 0 Å². The lowest BCUT2D eigenvalue weighted by Crippen LogP contribution is -2.43. The fraction of sp³-hybridized carbons (Fsp3) is 0.300. The molecule has 6 heteroatoms. The second-order valence-electron chi connectivity index (χ2n) is 6.16. The van der Waals surface area contributed by atoms with Crippen LogP contribution in [0.3, 0.4) is 0 Å². The smallest absolute Gasteiger partial charge is 0.308 e. The SMILES string of the molecule is CCCCOC(=O)CC1c2cc(Cl)ccc2NC(=S)N1c1ccccc1. The number of para-hydroxylation sites is 1. The van der Waals surface area contributed by atoms with E-state index in [4.69, 9.17) is 28.6 Å². The molecule has 1 atom stereocenters. The molecule has 2 aromatic carbocycles. The van der Waals surface area contributed by atoms with Gasteiger partial charge in [0.15, 0.2) is 5.11 Å². The van der Waals surface area contributed by atoms with Crippen LogP contribution in [-0.4, -0.2) is 17.7 Å². The van der Waals surface area contributed by atoms with Crippen molar-refractivity contribution in [2.45, 2.75) is 32.2 Å². The maximum atomic E-state index is 12.4. The third-order valence-electron chi connectivity index (χ3n) is 4.30. The molecular formula is C20H21ClN2O2S. The Morgan fingerprint density at radius 3 is 2.77 bits per heavy atom. The molecule has 0 aliphatic carbocycles. The van der Waals surface area contributed by atoms with Gasteiger partial charge in [0, 0.05) is 22.0 Å². The number of rotatable bonds is 6. The molecule has 4 nitrogen and oxygen atoms in total. The predicted octanol–water partition coefficient (Wildman–Crippen LogP) is 5.33. The van der Waals surface area contributed by atoms with Crippen molar-refractivity contribution >= 4 is 46.3 Å². The topological polar surface area (TPSA) is 41.6 Å². The van der Waals surface area contributed by atoms with Gasteiger partial charge in [0.2, 0.25) is 0 Å². The van der Waals surface area contributed by atoms with Crippen LogP contribution >= 0.6 is 23.8 Å². The zero-order valence-electron chi connectivity index (χ0n) is 14.6. The first kappa shape index (κ1) is 18.7. The van der Waals surface area contributed by atoms with Gasteiger partial charge in [-0.25, -0.2) is 0 Å². The lowest BCUT2D eigenvalue weighted by molar-refractivity contribution is -0.144. The highest BCUT2D eigenvalue weighted by Gasteiger charge is 2.33. The number of nitrogens with one attached hydrogen (secondary N) is 1. The van der Waals surface area contributed by atoms with Crippen molar-refractivity contribution in [1.29, 1.82) is 0 Å². The van der Waals surface area contributed by atoms with Crippen molar-refractivity contribution in [3.63, 3.8) is 0 Å². The molecule has 1 heterocycles. The number of carbonyl (C=O) groups excluding carboxylic acids is 1. The van der Waals surface area contributed by atoms with Crippen LogP contribution < -0.4 is 10.2 Å². The summed E-state index contributed by atoms with van der Waals surface area (Å²) in [6.07, 6.45) is 2.05. The number of carbonyl (C=O) groups is 1. The summed E-state index contributed by atoms with van der Waals surface area (Å²) in [5.74, 6) is -0.236. The minimum absolute atomic E-state index is 0.202. The lowest BCUT2D eigenvalue weighted by atomic mass is 9.97. The van der Waals surface area contributed by atoms with Crippen LogP contribution in [0.15, 0.2) is 48.5 Å². The van der Waals surface area contributed by atoms with E-state index in [0.29, 0.717) is 16.7 Å². The van der Waals surface area contributed by atoms with Gasteiger partial charge in [0.05, 0.1) is 19.1 Å². The Kier molecular flexibility index (Phi) is 6.12. The highest BCUT2D eigenvalue weighted by Crippen LogP contribution is 2.39. The Morgan fingerprint density at radius 2 is 2.04 bits per heavy atom. The molecule has 3 rings (SSSR count). The number of unbranched alkanes of at least 4 members (excludes halogenated alkanes) is 1. The maximum absolute atomic E-state index is 12.4. The van der Waals surface area contributed by atoms with Gasteiger partial charge in [-0.2, -0.15) is 0 Å². The molecular weight excluding hydrogens is 368 g/mol. The van der Waals surface area contributed by atoms with E-state index in [1.165, 1.54) is 0 Å². The van der Waals surface area contributed by atoms with Crippen LogP contribution in [0.1, 0.15) is 37.8 Å². The number of ether oxygens (including phenoxy) is 1. The summed E-state index contributed by atoms with van der Waals surface area (Å²) in [5, 5.41) is 4.41. The van der Waals surface area contributed by atoms with Gasteiger partial charge < -0.3 is 15.0 Å². The van der Waals surface area contributed by atoms with Crippen molar-refractivity contribution in [3.05, 3.63) is 59.1 Å². The first-order chi connectivity index (χ1) is 12.6. The molecule has 0 aromatic heterocycles. The molecule has 1 aliphatic rings. The average molecular weight is 389 g/mol. The van der Waals surface area contributed by atoms with Crippen molar-refractivity contribution in [2.24, 2.45) is 0 Å². The number of hydrogen-bond acceptors (Lipinski definition) is 3. The van der Waals surface area contributed by atoms with Gasteiger partial charge >= 0.3 is 5.97 Å². The van der Waals surface area contributed by atoms with Crippen LogP contribution in [0.5, 0.6) is 0 Å². The third-order valence-corrected chi connectivity index (χ3v) is 4.83. The first-order valence-electron chi connectivity index (χ1n) is 8.70. The summed E-state index contributed by atoms with van der Waals surface area (Å²) in [4.78, 5) is 14.4. The van der Waals surface area contributed by atoms with E-state index in [2.05, 4.69) is 12.2 Å². The van der Waals surface area contributed by atoms with Crippen LogP contribution in [0.4, 0.5) is 11.4 Å². The second kappa shape index (κ2) is 8.52.